The Balaban J connectivity index is 1.31. The second kappa shape index (κ2) is 9.91. The van der Waals surface area contributed by atoms with E-state index in [1.54, 1.807) is 18.6 Å². The number of fused-ring (bicyclic) bond motifs is 2. The van der Waals surface area contributed by atoms with Crippen molar-refractivity contribution in [2.45, 2.75) is 19.5 Å². The summed E-state index contributed by atoms with van der Waals surface area (Å²) in [6.07, 6.45) is 4.91. The summed E-state index contributed by atoms with van der Waals surface area (Å²) in [5, 5.41) is 5.09. The molecule has 1 fully saturated rings. The van der Waals surface area contributed by atoms with Gasteiger partial charge in [0.15, 0.2) is 11.5 Å². The van der Waals surface area contributed by atoms with Crippen LogP contribution in [-0.4, -0.2) is 56.0 Å². The SMILES string of the molecule is CC(Nc1ncnc2nc[nH]c12)c1cc(Cl)c2cccnc2c1N1CCN(Cc2ccccc2F)CC1. The minimum Gasteiger partial charge on any atom is -0.367 e. The molecule has 188 valence electrons. The minimum atomic E-state index is -0.156. The van der Waals surface area contributed by atoms with E-state index in [1.807, 2.05) is 30.3 Å². The van der Waals surface area contributed by atoms with Crippen molar-refractivity contribution in [3.05, 3.63) is 83.3 Å². The summed E-state index contributed by atoms with van der Waals surface area (Å²) < 4.78 is 14.2. The number of H-pyrrole nitrogens is 1. The van der Waals surface area contributed by atoms with E-state index in [9.17, 15) is 4.39 Å². The molecule has 0 bridgehead atoms. The molecule has 6 rings (SSSR count). The molecule has 0 spiro atoms. The summed E-state index contributed by atoms with van der Waals surface area (Å²) in [7, 11) is 0. The van der Waals surface area contributed by atoms with E-state index >= 15 is 0 Å². The van der Waals surface area contributed by atoms with Crippen molar-refractivity contribution in [3.8, 4) is 0 Å². The molecule has 2 N–H and O–H groups in total. The number of halogens is 2. The summed E-state index contributed by atoms with van der Waals surface area (Å²) in [6.45, 7) is 5.89. The third-order valence-corrected chi connectivity index (χ3v) is 7.24. The number of pyridine rings is 1. The van der Waals surface area contributed by atoms with Crippen molar-refractivity contribution in [1.82, 2.24) is 29.8 Å². The van der Waals surface area contributed by atoms with E-state index in [-0.39, 0.29) is 11.9 Å². The lowest BCUT2D eigenvalue weighted by Crippen LogP contribution is -2.46. The molecule has 37 heavy (non-hydrogen) atoms. The van der Waals surface area contributed by atoms with E-state index in [1.165, 1.54) is 12.4 Å². The summed E-state index contributed by atoms with van der Waals surface area (Å²) in [5.41, 5.74) is 5.04. The zero-order valence-electron chi connectivity index (χ0n) is 20.3. The van der Waals surface area contributed by atoms with Crippen LogP contribution >= 0.6 is 11.6 Å². The van der Waals surface area contributed by atoms with Crippen LogP contribution in [-0.2, 0) is 6.54 Å². The topological polar surface area (TPSA) is 85.9 Å². The van der Waals surface area contributed by atoms with Gasteiger partial charge in [0, 0.05) is 55.4 Å². The molecule has 1 atom stereocenters. The Hall–Kier alpha value is -3.82. The molecule has 0 amide bonds. The number of rotatable bonds is 6. The van der Waals surface area contributed by atoms with Crippen molar-refractivity contribution in [1.29, 1.82) is 0 Å². The monoisotopic (exact) mass is 516 g/mol. The van der Waals surface area contributed by atoms with E-state index < -0.39 is 0 Å². The molecule has 5 aromatic rings. The smallest absolute Gasteiger partial charge is 0.182 e. The Morgan fingerprint density at radius 1 is 1.05 bits per heavy atom. The first-order valence-electron chi connectivity index (χ1n) is 12.3. The molecule has 1 unspecified atom stereocenters. The molecule has 0 radical (unpaired) electrons. The Bertz CT molecular complexity index is 1560. The van der Waals surface area contributed by atoms with Gasteiger partial charge in [-0.2, -0.15) is 0 Å². The van der Waals surface area contributed by atoms with Crippen LogP contribution in [0.3, 0.4) is 0 Å². The maximum Gasteiger partial charge on any atom is 0.182 e. The molecule has 1 saturated heterocycles. The molecule has 10 heteroatoms. The van der Waals surface area contributed by atoms with Crippen LogP contribution in [0.15, 0.2) is 61.3 Å². The third kappa shape index (κ3) is 4.56. The largest absolute Gasteiger partial charge is 0.367 e. The fourth-order valence-corrected chi connectivity index (χ4v) is 5.29. The molecule has 3 aromatic heterocycles. The van der Waals surface area contributed by atoms with Gasteiger partial charge in [-0.05, 0) is 31.2 Å². The summed E-state index contributed by atoms with van der Waals surface area (Å²) in [5.74, 6) is 0.518. The van der Waals surface area contributed by atoms with Gasteiger partial charge in [0.2, 0.25) is 0 Å². The highest BCUT2D eigenvalue weighted by Crippen LogP contribution is 2.39. The number of benzene rings is 2. The predicted octanol–water partition coefficient (Wildman–Crippen LogP) is 5.19. The van der Waals surface area contributed by atoms with E-state index in [0.29, 0.717) is 23.0 Å². The quantitative estimate of drug-likeness (QED) is 0.321. The van der Waals surface area contributed by atoms with Gasteiger partial charge in [-0.1, -0.05) is 29.8 Å². The molecule has 0 aliphatic carbocycles. The number of nitrogens with one attached hydrogen (secondary N) is 2. The first kappa shape index (κ1) is 23.6. The van der Waals surface area contributed by atoms with Gasteiger partial charge in [-0.3, -0.25) is 9.88 Å². The Morgan fingerprint density at radius 2 is 1.89 bits per heavy atom. The highest BCUT2D eigenvalue weighted by Gasteiger charge is 2.26. The zero-order chi connectivity index (χ0) is 25.4. The van der Waals surface area contributed by atoms with Crippen molar-refractivity contribution in [2.75, 3.05) is 36.4 Å². The molecule has 8 nitrogen and oxygen atoms in total. The fraction of sp³-hybridized carbons (Fsp3) is 0.259. The second-order valence-corrected chi connectivity index (χ2v) is 9.65. The maximum absolute atomic E-state index is 14.2. The molecule has 2 aromatic carbocycles. The van der Waals surface area contributed by atoms with Crippen LogP contribution in [0.25, 0.3) is 22.1 Å². The van der Waals surface area contributed by atoms with Crippen LogP contribution in [0, 0.1) is 5.82 Å². The highest BCUT2D eigenvalue weighted by molar-refractivity contribution is 6.36. The average molecular weight is 517 g/mol. The van der Waals surface area contributed by atoms with Crippen LogP contribution in [0.1, 0.15) is 24.1 Å². The summed E-state index contributed by atoms with van der Waals surface area (Å²) >= 11 is 6.75. The van der Waals surface area contributed by atoms with E-state index in [2.05, 4.69) is 42.0 Å². The number of aromatic nitrogens is 5. The molecule has 0 saturated carbocycles. The molecule has 4 heterocycles. The van der Waals surface area contributed by atoms with Crippen LogP contribution in [0.4, 0.5) is 15.9 Å². The lowest BCUT2D eigenvalue weighted by Gasteiger charge is -2.38. The molecule has 1 aliphatic heterocycles. The zero-order valence-corrected chi connectivity index (χ0v) is 21.1. The summed E-state index contributed by atoms with van der Waals surface area (Å²) in [4.78, 5) is 25.4. The molecular weight excluding hydrogens is 491 g/mol. The number of aromatic amines is 1. The maximum atomic E-state index is 14.2. The standard InChI is InChI=1S/C27H26ClFN8/c1-17(35-27-24-26(32-15-31-24)33-16-34-27)20-13-21(28)19-6-4-8-30-23(19)25(20)37-11-9-36(10-12-37)14-18-5-2-3-7-22(18)29/h2-8,13,15-17H,9-12,14H2,1H3,(H2,31,32,33,34,35). The van der Waals surface area contributed by atoms with Gasteiger partial charge in [0.05, 0.1) is 28.6 Å². The van der Waals surface area contributed by atoms with Crippen LogP contribution < -0.4 is 10.2 Å². The number of nitrogens with zero attached hydrogens (tertiary/aromatic N) is 6. The number of hydrogen-bond donors (Lipinski definition) is 2. The van der Waals surface area contributed by atoms with Crippen LogP contribution in [0.2, 0.25) is 5.02 Å². The van der Waals surface area contributed by atoms with Gasteiger partial charge in [0.25, 0.3) is 0 Å². The second-order valence-electron chi connectivity index (χ2n) is 9.24. The number of anilines is 2. The normalized spacial score (nSPS) is 15.4. The van der Waals surface area contributed by atoms with E-state index in [4.69, 9.17) is 16.6 Å². The van der Waals surface area contributed by atoms with Crippen molar-refractivity contribution in [2.24, 2.45) is 0 Å². The van der Waals surface area contributed by atoms with E-state index in [0.717, 1.165) is 59.4 Å². The molecule has 1 aliphatic rings. The van der Waals surface area contributed by atoms with Crippen LogP contribution in [0.5, 0.6) is 0 Å². The lowest BCUT2D eigenvalue weighted by atomic mass is 10.0. The third-order valence-electron chi connectivity index (χ3n) is 6.93. The Kier molecular flexibility index (Phi) is 6.31. The van der Waals surface area contributed by atoms with Gasteiger partial charge >= 0.3 is 0 Å². The Labute approximate surface area is 218 Å². The predicted molar refractivity (Wildman–Crippen MR) is 144 cm³/mol. The number of piperazine rings is 1. The van der Waals surface area contributed by atoms with Gasteiger partial charge in [-0.15, -0.1) is 0 Å². The fourth-order valence-electron chi connectivity index (χ4n) is 5.02. The van der Waals surface area contributed by atoms with Gasteiger partial charge < -0.3 is 15.2 Å². The van der Waals surface area contributed by atoms with Crippen molar-refractivity contribution < 1.29 is 4.39 Å². The first-order chi connectivity index (χ1) is 18.1. The molecular formula is C27H26ClFN8. The first-order valence-corrected chi connectivity index (χ1v) is 12.6. The van der Waals surface area contributed by atoms with Gasteiger partial charge in [-0.25, -0.2) is 19.3 Å². The van der Waals surface area contributed by atoms with Crippen molar-refractivity contribution >= 4 is 45.2 Å². The lowest BCUT2D eigenvalue weighted by molar-refractivity contribution is 0.246. The number of imidazole rings is 1. The van der Waals surface area contributed by atoms with Crippen molar-refractivity contribution in [3.63, 3.8) is 0 Å². The average Bonchev–Trinajstić information content (AvgIpc) is 3.41. The number of hydrogen-bond acceptors (Lipinski definition) is 7. The highest BCUT2D eigenvalue weighted by atomic mass is 35.5. The van der Waals surface area contributed by atoms with Gasteiger partial charge in [0.1, 0.15) is 17.7 Å². The Morgan fingerprint density at radius 3 is 2.73 bits per heavy atom. The minimum absolute atomic E-state index is 0.128. The summed E-state index contributed by atoms with van der Waals surface area (Å²) in [6, 6.07) is 12.8.